The quantitative estimate of drug-likeness (QED) is 0.0263. The van der Waals surface area contributed by atoms with E-state index in [0.717, 1.165) is 212 Å². The number of nitrogens with one attached hydrogen (secondary N) is 5. The molecule has 0 aliphatic heterocycles. The van der Waals surface area contributed by atoms with E-state index in [1.807, 2.05) is 107 Å². The fraction of sp³-hybridized carbons (Fsp3) is 0.246. The molecule has 149 heavy (non-hydrogen) atoms. The number of aryl methyl sites for hydroxylation is 10. The van der Waals surface area contributed by atoms with E-state index in [4.69, 9.17) is 19.9 Å². The maximum absolute atomic E-state index is 14.7. The summed E-state index contributed by atoms with van der Waals surface area (Å²) in [6.45, 7) is 30.2. The highest BCUT2D eigenvalue weighted by molar-refractivity contribution is 7.15. The Hall–Kier alpha value is -15.5. The van der Waals surface area contributed by atoms with Gasteiger partial charge in [0.05, 0.1) is 82.2 Å². The Bertz CT molecular complexity index is 7720. The Morgan fingerprint density at radius 1 is 0.329 bits per heavy atom. The van der Waals surface area contributed by atoms with Gasteiger partial charge in [0.2, 0.25) is 0 Å². The first kappa shape index (κ1) is 102. The predicted octanol–water partition coefficient (Wildman–Crippen LogP) is 30.9. The second-order valence-electron chi connectivity index (χ2n) is 38.6. The van der Waals surface area contributed by atoms with Gasteiger partial charge in [0.25, 0.3) is 0 Å². The zero-order valence-corrected chi connectivity index (χ0v) is 90.7. The number of hydrogen-bond donors (Lipinski definition) is 5. The topological polar surface area (TPSA) is 240 Å². The molecular weight excluding hydrogens is 1950 g/mol. The first-order chi connectivity index (χ1) is 72.3. The van der Waals surface area contributed by atoms with Crippen molar-refractivity contribution in [1.82, 2.24) is 77.7 Å². The zero-order chi connectivity index (χ0) is 103. The van der Waals surface area contributed by atoms with E-state index < -0.39 is 0 Å². The lowest BCUT2D eigenvalue weighted by atomic mass is 10.1. The van der Waals surface area contributed by atoms with Gasteiger partial charge in [-0.05, 0) is 288 Å². The van der Waals surface area contributed by atoms with Gasteiger partial charge in [-0.15, -0.1) is 56.7 Å². The van der Waals surface area contributed by atoms with Crippen LogP contribution < -0.4 is 46.2 Å². The number of nitrogens with zero attached hydrogens (tertiary/aromatic N) is 20. The van der Waals surface area contributed by atoms with Gasteiger partial charge >= 0.3 is 0 Å². The minimum Gasteiger partial charge on any atom is -0.374 e. The SMILES string of the molecule is CCN(CC)c1ccc(C)c(Nc2nc(-c3ccc(-n4cnc(C)c4)c(F)c3)cs2)c1.Cc1ccc(C)c(Nc2nc(-c3ccc(-n4cnc(C)c4)cc3)cs2)c1.Cc1ccc(N(C)CC2CC2)cc1Nc1nc(-c2ccc(-n3ccnc3)cc2)cs1.Cc1cn(-c2ccc(-c3csc(Nc4cc(N(C)CC5CC5)ccc4C)n3)cc2)cn1.Cc1cn(-c2ccc(-c3csc(Nc4cc(N(C)CC5CC5)ccc4C)n3)cn2)cn1.[HH].[HH].[HH].[HH].[HH]. The number of halogens is 1. The number of hydrogen-bond acceptors (Lipinski definition) is 25. The van der Waals surface area contributed by atoms with Crippen molar-refractivity contribution in [3.05, 3.63) is 358 Å². The van der Waals surface area contributed by atoms with Gasteiger partial charge in [-0.3, -0.25) is 4.57 Å². The van der Waals surface area contributed by atoms with Gasteiger partial charge in [0, 0.05) is 227 Å². The lowest BCUT2D eigenvalue weighted by Gasteiger charge is -2.22. The van der Waals surface area contributed by atoms with E-state index in [1.54, 1.807) is 87.4 Å². The lowest BCUT2D eigenvalue weighted by Crippen LogP contribution is -2.21. The summed E-state index contributed by atoms with van der Waals surface area (Å²) in [5.41, 5.74) is 35.0. The molecule has 0 bridgehead atoms. The highest BCUT2D eigenvalue weighted by atomic mass is 32.1. The first-order valence-corrected chi connectivity index (χ1v) is 54.8. The molecule has 3 saturated carbocycles. The summed E-state index contributed by atoms with van der Waals surface area (Å²) in [6, 6.07) is 67.1. The molecule has 31 heteroatoms. The molecule has 25 nitrogen and oxygen atoms in total. The second kappa shape index (κ2) is 46.7. The van der Waals surface area contributed by atoms with Gasteiger partial charge in [0.15, 0.2) is 25.7 Å². The summed E-state index contributed by atoms with van der Waals surface area (Å²) >= 11 is 8.01. The highest BCUT2D eigenvalue weighted by Gasteiger charge is 2.27. The van der Waals surface area contributed by atoms with Gasteiger partial charge in [-0.1, -0.05) is 78.9 Å². The van der Waals surface area contributed by atoms with Crippen LogP contribution in [0.5, 0.6) is 0 Å². The van der Waals surface area contributed by atoms with Crippen LogP contribution in [0.1, 0.15) is 116 Å². The molecular formula is C118H134FN25S5. The third-order valence-corrected chi connectivity index (χ3v) is 30.5. The zero-order valence-electron chi connectivity index (χ0n) is 86.7. The minimum atomic E-state index is -0.305. The van der Waals surface area contributed by atoms with Gasteiger partial charge in [-0.2, -0.15) is 0 Å². The molecule has 11 aromatic heterocycles. The van der Waals surface area contributed by atoms with Crippen molar-refractivity contribution in [2.24, 2.45) is 17.8 Å². The number of aromatic nitrogens is 16. The van der Waals surface area contributed by atoms with Crippen LogP contribution in [0.15, 0.2) is 296 Å². The van der Waals surface area contributed by atoms with Crippen molar-refractivity contribution in [2.45, 2.75) is 122 Å². The van der Waals surface area contributed by atoms with E-state index in [1.165, 1.54) is 106 Å². The molecule has 0 atom stereocenters. The van der Waals surface area contributed by atoms with Crippen molar-refractivity contribution in [1.29, 1.82) is 0 Å². The molecule has 9 aromatic carbocycles. The summed E-state index contributed by atoms with van der Waals surface area (Å²) in [6.07, 6.45) is 30.5. The summed E-state index contributed by atoms with van der Waals surface area (Å²) < 4.78 is 24.4. The molecule has 768 valence electrons. The van der Waals surface area contributed by atoms with Gasteiger partial charge < -0.3 is 64.5 Å². The number of anilines is 14. The fourth-order valence-corrected chi connectivity index (χ4v) is 20.9. The van der Waals surface area contributed by atoms with Crippen LogP contribution in [0.25, 0.3) is 84.9 Å². The summed E-state index contributed by atoms with van der Waals surface area (Å²) in [4.78, 5) is 58.9. The van der Waals surface area contributed by atoms with E-state index in [0.29, 0.717) is 5.69 Å². The average molecular weight is 2080 g/mol. The molecule has 3 aliphatic rings. The van der Waals surface area contributed by atoms with Crippen molar-refractivity contribution in [3.63, 3.8) is 0 Å². The molecule has 3 fully saturated rings. The third kappa shape index (κ3) is 26.5. The van der Waals surface area contributed by atoms with Crippen molar-refractivity contribution in [3.8, 4) is 84.9 Å². The minimum absolute atomic E-state index is 0. The summed E-state index contributed by atoms with van der Waals surface area (Å²) in [5.74, 6) is 3.14. The number of rotatable bonds is 32. The Labute approximate surface area is 898 Å². The van der Waals surface area contributed by atoms with E-state index in [-0.39, 0.29) is 13.0 Å². The van der Waals surface area contributed by atoms with E-state index >= 15 is 0 Å². The molecule has 0 saturated heterocycles. The normalized spacial score (nSPS) is 12.5. The van der Waals surface area contributed by atoms with Crippen LogP contribution >= 0.6 is 56.7 Å². The number of pyridine rings is 1. The maximum atomic E-state index is 14.7. The Morgan fingerprint density at radius 2 is 0.651 bits per heavy atom. The van der Waals surface area contributed by atoms with Crippen LogP contribution in [0, 0.1) is 92.8 Å². The first-order valence-electron chi connectivity index (χ1n) is 50.4. The van der Waals surface area contributed by atoms with Crippen molar-refractivity contribution in [2.75, 3.05) is 100 Å². The maximum Gasteiger partial charge on any atom is 0.187 e. The van der Waals surface area contributed by atoms with E-state index in [9.17, 15) is 4.39 Å². The fourth-order valence-electron chi connectivity index (χ4n) is 17.2. The number of imidazole rings is 5. The smallest absolute Gasteiger partial charge is 0.187 e. The van der Waals surface area contributed by atoms with Crippen LogP contribution in [0.2, 0.25) is 0 Å². The Balaban J connectivity index is 0.000000150. The van der Waals surface area contributed by atoms with Gasteiger partial charge in [0.1, 0.15) is 18.0 Å². The lowest BCUT2D eigenvalue weighted by molar-refractivity contribution is 0.618. The van der Waals surface area contributed by atoms with Crippen LogP contribution in [0.3, 0.4) is 0 Å². The third-order valence-electron chi connectivity index (χ3n) is 26.7. The average Bonchev–Trinajstić information content (AvgIpc) is 1.67. The van der Waals surface area contributed by atoms with Crippen LogP contribution in [0.4, 0.5) is 81.2 Å². The Kier molecular flexibility index (Phi) is 32.0. The molecule has 11 heterocycles. The molecule has 23 rings (SSSR count). The molecule has 3 aliphatic carbocycles. The summed E-state index contributed by atoms with van der Waals surface area (Å²) in [5, 5.41) is 32.2. The van der Waals surface area contributed by atoms with Gasteiger partial charge in [-0.25, -0.2) is 59.2 Å². The highest BCUT2D eigenvalue weighted by Crippen LogP contribution is 2.41. The van der Waals surface area contributed by atoms with Crippen LogP contribution in [-0.4, -0.2) is 132 Å². The molecule has 0 amide bonds. The number of benzene rings is 9. The molecule has 5 N–H and O–H groups in total. The summed E-state index contributed by atoms with van der Waals surface area (Å²) in [7, 11) is 6.54. The molecule has 0 spiro atoms. The monoisotopic (exact) mass is 2080 g/mol. The van der Waals surface area contributed by atoms with E-state index in [2.05, 4.69) is 349 Å². The van der Waals surface area contributed by atoms with Crippen LogP contribution in [-0.2, 0) is 0 Å². The Morgan fingerprint density at radius 3 is 0.987 bits per heavy atom. The van der Waals surface area contributed by atoms with Crippen molar-refractivity contribution >= 4 is 134 Å². The second-order valence-corrected chi connectivity index (χ2v) is 42.9. The predicted molar refractivity (Wildman–Crippen MR) is 629 cm³/mol. The standard InChI is InChI=1S/C25H27N5S.C24H26FN5S.C24H26N6S.C24H25N5S.C21H20N4S.5H2/c1-17-4-9-22(29(3)14-19-5-6-19)12-23(17)27-25-28-24(15-31-25)20-7-10-21(11-8-20)30-13-18(2)26-16-30;1-5-29(6-2)19-9-7-16(3)21(12-19)27-24-28-22(14-31-24)18-8-10-23(20(25)11-18)30-13-17(4)26-15-30;1-16-4-8-20(29(3)13-18-5-6-18)10-21(16)27-24-28-22(14-31-24)19-7-9-23(25-11-19)30-12-17(2)26-15-30;1-17-3-8-21(28(2)14-18-4-5-18)13-22(17)26-24-27-23(15-30-24)19-6-9-20(10-7-19)29-12-11-25-16-29;1-14-4-5-15(2)19(10-14)23-21-24-20(12-26-21)17-6-8-18(9-7-17)25-11-16(3)22-13-25;;;;;/h4,7-13,15-16,19H,5-6,14H2,1-3H3,(H,27,28);7-15H,5-6H2,1-4H3,(H,27,28);4,7-12,14-15,18H,5-6,13H2,1-3H3,(H,27,28);3,6-13,15-16,18H,4-5,14H2,1-2H3,(H,26,27);4-13H,1-3H3,(H,23,24);5*1H. The largest absolute Gasteiger partial charge is 0.374 e. The molecule has 0 unspecified atom stereocenters. The molecule has 20 aromatic rings. The number of thiazole rings is 5. The van der Waals surface area contributed by atoms with Crippen molar-refractivity contribution < 1.29 is 11.5 Å². The molecule has 0 radical (unpaired) electrons.